The lowest BCUT2D eigenvalue weighted by Crippen LogP contribution is -2.25. The summed E-state index contributed by atoms with van der Waals surface area (Å²) in [7, 11) is 0. The molecular weight excluding hydrogens is 404 g/mol. The minimum atomic E-state index is 0.537. The van der Waals surface area contributed by atoms with Crippen LogP contribution in [0.5, 0.6) is 5.75 Å². The van der Waals surface area contributed by atoms with Crippen LogP contribution in [0.25, 0.3) is 16.9 Å². The number of hydrogen-bond acceptors (Lipinski definition) is 7. The van der Waals surface area contributed by atoms with E-state index >= 15 is 0 Å². The van der Waals surface area contributed by atoms with Crippen molar-refractivity contribution in [3.05, 3.63) is 54.9 Å². The highest BCUT2D eigenvalue weighted by Gasteiger charge is 2.12. The first-order valence-corrected chi connectivity index (χ1v) is 11.1. The highest BCUT2D eigenvalue weighted by Crippen LogP contribution is 2.23. The lowest BCUT2D eigenvalue weighted by atomic mass is 10.2. The van der Waals surface area contributed by atoms with E-state index in [2.05, 4.69) is 25.4 Å². The molecule has 1 aromatic carbocycles. The molecule has 0 saturated carbocycles. The number of rotatable bonds is 9. The van der Waals surface area contributed by atoms with Crippen molar-refractivity contribution in [1.29, 1.82) is 0 Å². The van der Waals surface area contributed by atoms with Crippen LogP contribution < -0.4 is 15.8 Å². The lowest BCUT2D eigenvalue weighted by Gasteiger charge is -2.15. The Balaban J connectivity index is 1.26. The SMILES string of the molecule is NCCn1cc(-c2cccc3nc(Nc4ccc(OCCN5CCCC5)cc4)nn23)cn1. The average Bonchev–Trinajstić information content (AvgIpc) is 3.56. The van der Waals surface area contributed by atoms with Crippen LogP contribution in [0.4, 0.5) is 11.6 Å². The molecule has 1 aliphatic heterocycles. The molecule has 4 aromatic rings. The van der Waals surface area contributed by atoms with Crippen molar-refractivity contribution in [1.82, 2.24) is 29.3 Å². The van der Waals surface area contributed by atoms with Crippen molar-refractivity contribution in [3.63, 3.8) is 0 Å². The number of benzene rings is 1. The molecule has 0 amide bonds. The molecule has 0 aliphatic carbocycles. The zero-order valence-electron chi connectivity index (χ0n) is 18.0. The molecule has 3 aromatic heterocycles. The summed E-state index contributed by atoms with van der Waals surface area (Å²) in [4.78, 5) is 7.06. The van der Waals surface area contributed by atoms with E-state index in [0.29, 0.717) is 25.6 Å². The molecule has 166 valence electrons. The van der Waals surface area contributed by atoms with Crippen LogP contribution in [0.1, 0.15) is 12.8 Å². The van der Waals surface area contributed by atoms with Gasteiger partial charge in [0.05, 0.1) is 18.4 Å². The number of ether oxygens (including phenoxy) is 1. The Hall–Kier alpha value is -3.43. The molecule has 32 heavy (non-hydrogen) atoms. The number of nitrogens with zero attached hydrogens (tertiary/aromatic N) is 6. The van der Waals surface area contributed by atoms with Gasteiger partial charge in [0.15, 0.2) is 5.65 Å². The van der Waals surface area contributed by atoms with Crippen molar-refractivity contribution < 1.29 is 4.74 Å². The van der Waals surface area contributed by atoms with Gasteiger partial charge in [0.2, 0.25) is 5.95 Å². The first-order valence-electron chi connectivity index (χ1n) is 11.1. The fraction of sp³-hybridized carbons (Fsp3) is 0.348. The van der Waals surface area contributed by atoms with Crippen molar-refractivity contribution in [2.75, 3.05) is 38.1 Å². The number of likely N-dealkylation sites (tertiary alicyclic amines) is 1. The van der Waals surface area contributed by atoms with Gasteiger partial charge < -0.3 is 15.8 Å². The Bertz CT molecular complexity index is 1160. The summed E-state index contributed by atoms with van der Waals surface area (Å²) in [6.45, 7) is 5.30. The van der Waals surface area contributed by atoms with Crippen LogP contribution in [0, 0.1) is 0 Å². The van der Waals surface area contributed by atoms with Gasteiger partial charge in [-0.25, -0.2) is 4.52 Å². The van der Waals surface area contributed by atoms with Crippen LogP contribution in [0.2, 0.25) is 0 Å². The third-order valence-electron chi connectivity index (χ3n) is 5.63. The molecule has 5 rings (SSSR count). The summed E-state index contributed by atoms with van der Waals surface area (Å²) in [6.07, 6.45) is 6.40. The van der Waals surface area contributed by atoms with E-state index in [-0.39, 0.29) is 0 Å². The Morgan fingerprint density at radius 2 is 1.88 bits per heavy atom. The molecule has 1 fully saturated rings. The number of hydrogen-bond donors (Lipinski definition) is 2. The van der Waals surface area contributed by atoms with Gasteiger partial charge in [0.25, 0.3) is 0 Å². The molecule has 0 spiro atoms. The zero-order valence-corrected chi connectivity index (χ0v) is 18.0. The minimum absolute atomic E-state index is 0.537. The summed E-state index contributed by atoms with van der Waals surface area (Å²) >= 11 is 0. The quantitative estimate of drug-likeness (QED) is 0.420. The predicted molar refractivity (Wildman–Crippen MR) is 124 cm³/mol. The maximum Gasteiger partial charge on any atom is 0.247 e. The number of nitrogens with one attached hydrogen (secondary N) is 1. The maximum atomic E-state index is 5.88. The number of pyridine rings is 1. The summed E-state index contributed by atoms with van der Waals surface area (Å²) in [6, 6.07) is 13.8. The Morgan fingerprint density at radius 3 is 2.69 bits per heavy atom. The number of fused-ring (bicyclic) bond motifs is 1. The fourth-order valence-corrected chi connectivity index (χ4v) is 3.99. The van der Waals surface area contributed by atoms with Crippen molar-refractivity contribution in [2.45, 2.75) is 19.4 Å². The maximum absolute atomic E-state index is 5.88. The molecule has 0 radical (unpaired) electrons. The number of anilines is 2. The Labute approximate surface area is 186 Å². The molecular formula is C23H28N8O. The van der Waals surface area contributed by atoms with Crippen LogP contribution in [0.3, 0.4) is 0 Å². The molecule has 0 unspecified atom stereocenters. The van der Waals surface area contributed by atoms with E-state index in [9.17, 15) is 0 Å². The summed E-state index contributed by atoms with van der Waals surface area (Å²) in [5.74, 6) is 1.41. The smallest absolute Gasteiger partial charge is 0.247 e. The van der Waals surface area contributed by atoms with Gasteiger partial charge >= 0.3 is 0 Å². The first kappa shape index (κ1) is 20.5. The van der Waals surface area contributed by atoms with Gasteiger partial charge in [-0.3, -0.25) is 9.58 Å². The second kappa shape index (κ2) is 9.37. The molecule has 9 nitrogen and oxygen atoms in total. The van der Waals surface area contributed by atoms with Crippen molar-refractivity contribution >= 4 is 17.3 Å². The van der Waals surface area contributed by atoms with E-state index < -0.39 is 0 Å². The normalized spacial score (nSPS) is 14.3. The molecule has 9 heteroatoms. The van der Waals surface area contributed by atoms with E-state index in [1.165, 1.54) is 25.9 Å². The van der Waals surface area contributed by atoms with Gasteiger partial charge in [0, 0.05) is 30.5 Å². The third-order valence-corrected chi connectivity index (χ3v) is 5.63. The van der Waals surface area contributed by atoms with Gasteiger partial charge in [0.1, 0.15) is 12.4 Å². The first-order chi connectivity index (χ1) is 15.8. The monoisotopic (exact) mass is 432 g/mol. The molecule has 3 N–H and O–H groups in total. The second-order valence-corrected chi connectivity index (χ2v) is 7.94. The number of aromatic nitrogens is 5. The average molecular weight is 433 g/mol. The van der Waals surface area contributed by atoms with Gasteiger partial charge in [-0.2, -0.15) is 10.1 Å². The largest absolute Gasteiger partial charge is 0.492 e. The summed E-state index contributed by atoms with van der Waals surface area (Å²) in [5.41, 5.74) is 9.19. The third kappa shape index (κ3) is 4.58. The Morgan fingerprint density at radius 1 is 1.03 bits per heavy atom. The van der Waals surface area contributed by atoms with Gasteiger partial charge in [-0.05, 0) is 62.3 Å². The van der Waals surface area contributed by atoms with E-state index in [0.717, 1.165) is 34.9 Å². The van der Waals surface area contributed by atoms with Crippen LogP contribution in [-0.2, 0) is 6.54 Å². The predicted octanol–water partition coefficient (Wildman–Crippen LogP) is 2.77. The van der Waals surface area contributed by atoms with Crippen molar-refractivity contribution in [2.24, 2.45) is 5.73 Å². The van der Waals surface area contributed by atoms with Crippen LogP contribution in [0.15, 0.2) is 54.9 Å². The van der Waals surface area contributed by atoms with Gasteiger partial charge in [-0.15, -0.1) is 5.10 Å². The van der Waals surface area contributed by atoms with Crippen LogP contribution >= 0.6 is 0 Å². The zero-order chi connectivity index (χ0) is 21.8. The fourth-order valence-electron chi connectivity index (χ4n) is 3.99. The standard InChI is InChI=1S/C23H28N8O/c24-10-13-30-17-18(16-25-30)21-4-3-5-22-27-23(28-31(21)22)26-19-6-8-20(9-7-19)32-15-14-29-11-1-2-12-29/h3-9,16-17H,1-2,10-15,24H2,(H,26,28). The highest BCUT2D eigenvalue weighted by atomic mass is 16.5. The lowest BCUT2D eigenvalue weighted by molar-refractivity contribution is 0.238. The van der Waals surface area contributed by atoms with Crippen molar-refractivity contribution in [3.8, 4) is 17.0 Å². The highest BCUT2D eigenvalue weighted by molar-refractivity contribution is 5.63. The Kier molecular flexibility index (Phi) is 6.00. The molecule has 4 heterocycles. The molecule has 0 atom stereocenters. The summed E-state index contributed by atoms with van der Waals surface area (Å²) < 4.78 is 9.54. The second-order valence-electron chi connectivity index (χ2n) is 7.94. The molecule has 1 saturated heterocycles. The van der Waals surface area contributed by atoms with E-state index in [1.807, 2.05) is 64.1 Å². The topological polar surface area (TPSA) is 98.5 Å². The van der Waals surface area contributed by atoms with E-state index in [4.69, 9.17) is 10.5 Å². The molecule has 0 bridgehead atoms. The van der Waals surface area contributed by atoms with Gasteiger partial charge in [-0.1, -0.05) is 6.07 Å². The molecule has 1 aliphatic rings. The number of nitrogens with two attached hydrogens (primary N) is 1. The summed E-state index contributed by atoms with van der Waals surface area (Å²) in [5, 5.41) is 12.3. The van der Waals surface area contributed by atoms with E-state index in [1.54, 1.807) is 0 Å². The minimum Gasteiger partial charge on any atom is -0.492 e. The van der Waals surface area contributed by atoms with Crippen LogP contribution in [-0.4, -0.2) is 62.1 Å².